The zero-order valence-electron chi connectivity index (χ0n) is 27.5. The van der Waals surface area contributed by atoms with Gasteiger partial charge in [-0.1, -0.05) is 12.1 Å². The predicted molar refractivity (Wildman–Crippen MR) is 176 cm³/mol. The summed E-state index contributed by atoms with van der Waals surface area (Å²) in [5.41, 5.74) is -5.73. The van der Waals surface area contributed by atoms with E-state index in [-0.39, 0.29) is 11.1 Å². The lowest BCUT2D eigenvalue weighted by molar-refractivity contribution is -0.140. The Morgan fingerprint density at radius 2 is 0.648 bits per heavy atom. The average Bonchev–Trinajstić information content (AvgIpc) is 3.11. The molecule has 0 radical (unpaired) electrons. The molecule has 0 aliphatic rings. The molecule has 0 amide bonds. The van der Waals surface area contributed by atoms with E-state index in [4.69, 9.17) is 9.47 Å². The summed E-state index contributed by atoms with van der Waals surface area (Å²) >= 11 is 0. The monoisotopic (exact) mass is 744 g/mol. The molecule has 4 aromatic rings. The summed E-state index contributed by atoms with van der Waals surface area (Å²) < 4.78 is 9.88. The van der Waals surface area contributed by atoms with Crippen LogP contribution in [0, 0.1) is 0 Å². The van der Waals surface area contributed by atoms with E-state index in [1.54, 1.807) is 0 Å². The largest absolute Gasteiger partial charge is 0.478 e. The van der Waals surface area contributed by atoms with Crippen molar-refractivity contribution in [1.29, 1.82) is 0 Å². The Morgan fingerprint density at radius 1 is 0.389 bits per heavy atom. The zero-order valence-corrected chi connectivity index (χ0v) is 27.5. The number of carbonyl (C=O) groups excluding carboxylic acids is 4. The molecule has 6 N–H and O–H groups in total. The minimum absolute atomic E-state index is 0.0894. The third-order valence-corrected chi connectivity index (χ3v) is 8.16. The van der Waals surface area contributed by atoms with Gasteiger partial charge in [-0.15, -0.1) is 0 Å². The number of benzene rings is 4. The van der Waals surface area contributed by atoms with E-state index in [0.29, 0.717) is 0 Å². The van der Waals surface area contributed by atoms with Gasteiger partial charge >= 0.3 is 59.7 Å². The molecule has 2 unspecified atom stereocenters. The Labute approximate surface area is 300 Å². The summed E-state index contributed by atoms with van der Waals surface area (Å²) in [5, 5.41) is 55.8. The highest BCUT2D eigenvalue weighted by Gasteiger charge is 2.31. The molecule has 4 aromatic carbocycles. The van der Waals surface area contributed by atoms with Gasteiger partial charge in [0.1, 0.15) is 0 Å². The topological polar surface area (TPSA) is 311 Å². The molecular weight excluding hydrogens is 720 g/mol. The third-order valence-electron chi connectivity index (χ3n) is 8.16. The van der Waals surface area contributed by atoms with Gasteiger partial charge in [0.05, 0.1) is 56.3 Å². The highest BCUT2D eigenvalue weighted by atomic mass is 16.6. The van der Waals surface area contributed by atoms with Crippen LogP contribution in [0.25, 0.3) is 10.8 Å². The molecule has 2 atom stereocenters. The van der Waals surface area contributed by atoms with Crippen molar-refractivity contribution >= 4 is 70.5 Å². The molecule has 0 aliphatic heterocycles. The molecule has 0 heterocycles. The van der Waals surface area contributed by atoms with Crippen LogP contribution in [0.3, 0.4) is 0 Å². The standard InChI is InChI=1S/C36H24O18/c1-13(15-3-5-17(27(37)38)23(11-15)31(45)46)33(49)53-35(51)21-9-10-22(26-20(30(43)44)8-7-19(25(21)26)29(41)42)36(52)54-34(50)14(2)16-4-6-18(28(39)40)24(12-16)32(47)48/h3-14H,1-2H3,(H,37,38)(H,39,40)(H,41,42)(H,43,44)(H,45,46)(H,47,48). The number of carbonyl (C=O) groups is 10. The normalized spacial score (nSPS) is 11.8. The Hall–Kier alpha value is -7.76. The molecular formula is C36H24O18. The number of hydrogen-bond donors (Lipinski definition) is 6. The van der Waals surface area contributed by atoms with Gasteiger partial charge in [-0.25, -0.2) is 38.4 Å². The van der Waals surface area contributed by atoms with Crippen LogP contribution in [-0.4, -0.2) is 90.3 Å². The van der Waals surface area contributed by atoms with Crippen LogP contribution in [0.4, 0.5) is 0 Å². The van der Waals surface area contributed by atoms with Gasteiger partial charge in [0.25, 0.3) is 0 Å². The van der Waals surface area contributed by atoms with Crippen molar-refractivity contribution in [2.24, 2.45) is 0 Å². The first kappa shape index (κ1) is 39.0. The maximum atomic E-state index is 13.4. The Kier molecular flexibility index (Phi) is 11.0. The molecule has 0 fully saturated rings. The zero-order chi connectivity index (χ0) is 40.3. The molecule has 0 saturated carbocycles. The van der Waals surface area contributed by atoms with Crippen LogP contribution in [0.2, 0.25) is 0 Å². The van der Waals surface area contributed by atoms with E-state index < -0.39 is 127 Å². The number of carboxylic acids is 6. The number of ether oxygens (including phenoxy) is 2. The number of aromatic carboxylic acids is 6. The van der Waals surface area contributed by atoms with Crippen molar-refractivity contribution in [2.75, 3.05) is 0 Å². The average molecular weight is 745 g/mol. The lowest BCUT2D eigenvalue weighted by Crippen LogP contribution is -2.21. The lowest BCUT2D eigenvalue weighted by atomic mass is 9.91. The molecule has 0 aliphatic carbocycles. The van der Waals surface area contributed by atoms with Crippen molar-refractivity contribution in [2.45, 2.75) is 25.7 Å². The van der Waals surface area contributed by atoms with E-state index in [2.05, 4.69) is 0 Å². The fraction of sp³-hybridized carbons (Fsp3) is 0.111. The second-order valence-electron chi connectivity index (χ2n) is 11.4. The smallest absolute Gasteiger partial charge is 0.346 e. The van der Waals surface area contributed by atoms with E-state index >= 15 is 0 Å². The summed E-state index contributed by atoms with van der Waals surface area (Å²) in [6.45, 7) is 2.36. The van der Waals surface area contributed by atoms with Crippen molar-refractivity contribution in [3.05, 3.63) is 116 Å². The van der Waals surface area contributed by atoms with E-state index in [1.807, 2.05) is 0 Å². The minimum Gasteiger partial charge on any atom is -0.478 e. The molecule has 0 spiro atoms. The van der Waals surface area contributed by atoms with Gasteiger partial charge in [-0.2, -0.15) is 0 Å². The van der Waals surface area contributed by atoms with Crippen LogP contribution in [0.1, 0.15) is 120 Å². The number of carboxylic acid groups (broad SMARTS) is 6. The van der Waals surface area contributed by atoms with Gasteiger partial charge in [0, 0.05) is 10.8 Å². The van der Waals surface area contributed by atoms with Gasteiger partial charge in [0.15, 0.2) is 0 Å². The SMILES string of the molecule is CC(C(=O)OC(=O)c1ccc(C(=O)OC(=O)C(C)c2ccc(C(=O)O)c(C(=O)O)c2)c2c(C(=O)O)ccc(C(=O)O)c12)c1ccc(C(=O)O)c(C(=O)O)c1. The van der Waals surface area contributed by atoms with Crippen molar-refractivity contribution < 1.29 is 88.1 Å². The third kappa shape index (κ3) is 7.61. The van der Waals surface area contributed by atoms with Crippen LogP contribution in [0.15, 0.2) is 60.7 Å². The first-order valence-electron chi connectivity index (χ1n) is 15.1. The maximum Gasteiger partial charge on any atom is 0.346 e. The van der Waals surface area contributed by atoms with Crippen molar-refractivity contribution in [3.63, 3.8) is 0 Å². The maximum absolute atomic E-state index is 13.4. The van der Waals surface area contributed by atoms with Gasteiger partial charge in [-0.3, -0.25) is 9.59 Å². The highest BCUT2D eigenvalue weighted by molar-refractivity contribution is 6.23. The first-order valence-corrected chi connectivity index (χ1v) is 15.1. The number of esters is 4. The summed E-state index contributed by atoms with van der Waals surface area (Å²) in [7, 11) is 0. The number of fused-ring (bicyclic) bond motifs is 1. The molecule has 18 nitrogen and oxygen atoms in total. The lowest BCUT2D eigenvalue weighted by Gasteiger charge is -2.16. The summed E-state index contributed by atoms with van der Waals surface area (Å²) in [6.07, 6.45) is 0. The Bertz CT molecular complexity index is 2200. The van der Waals surface area contributed by atoms with Crippen LogP contribution >= 0.6 is 0 Å². The molecule has 4 rings (SSSR count). The summed E-state index contributed by atoms with van der Waals surface area (Å²) in [6, 6.07) is 8.93. The summed E-state index contributed by atoms with van der Waals surface area (Å²) in [4.78, 5) is 124. The van der Waals surface area contributed by atoms with Crippen LogP contribution in [0.5, 0.6) is 0 Å². The van der Waals surface area contributed by atoms with E-state index in [1.165, 1.54) is 13.8 Å². The molecule has 0 aromatic heterocycles. The summed E-state index contributed by atoms with van der Waals surface area (Å²) in [5.74, 6) is -18.5. The Balaban J connectivity index is 1.75. The fourth-order valence-electron chi connectivity index (χ4n) is 5.32. The van der Waals surface area contributed by atoms with E-state index in [9.17, 15) is 78.6 Å². The van der Waals surface area contributed by atoms with Crippen molar-refractivity contribution in [1.82, 2.24) is 0 Å². The fourth-order valence-corrected chi connectivity index (χ4v) is 5.32. The predicted octanol–water partition coefficient (Wildman–Crippen LogP) is 4.00. The molecule has 18 heteroatoms. The van der Waals surface area contributed by atoms with E-state index in [0.717, 1.165) is 60.7 Å². The number of hydrogen-bond acceptors (Lipinski definition) is 12. The Morgan fingerprint density at radius 3 is 0.926 bits per heavy atom. The molecule has 54 heavy (non-hydrogen) atoms. The van der Waals surface area contributed by atoms with Gasteiger partial charge in [-0.05, 0) is 73.5 Å². The first-order chi connectivity index (χ1) is 25.3. The number of rotatable bonds is 12. The van der Waals surface area contributed by atoms with Crippen molar-refractivity contribution in [3.8, 4) is 0 Å². The second kappa shape index (κ2) is 15.2. The molecule has 276 valence electrons. The molecule has 0 bridgehead atoms. The second-order valence-corrected chi connectivity index (χ2v) is 11.4. The van der Waals surface area contributed by atoms with Gasteiger partial charge < -0.3 is 40.1 Å². The molecule has 0 saturated heterocycles. The minimum atomic E-state index is -1.74. The van der Waals surface area contributed by atoms with Crippen LogP contribution < -0.4 is 0 Å². The quantitative estimate of drug-likeness (QED) is 0.0881. The van der Waals surface area contributed by atoms with Gasteiger partial charge in [0.2, 0.25) is 0 Å². The highest BCUT2D eigenvalue weighted by Crippen LogP contribution is 2.33. The van der Waals surface area contributed by atoms with Crippen LogP contribution in [-0.2, 0) is 19.1 Å².